The van der Waals surface area contributed by atoms with E-state index in [-0.39, 0.29) is 0 Å². The van der Waals surface area contributed by atoms with Gasteiger partial charge < -0.3 is 0 Å². The van der Waals surface area contributed by atoms with E-state index >= 15 is 0 Å². The van der Waals surface area contributed by atoms with Crippen LogP contribution in [0.4, 0.5) is 0 Å². The minimum absolute atomic E-state index is 0.385. The molecule has 0 aromatic rings. The van der Waals surface area contributed by atoms with Crippen molar-refractivity contribution in [1.29, 1.82) is 0 Å². The van der Waals surface area contributed by atoms with E-state index < -0.39 is 0 Å². The van der Waals surface area contributed by atoms with Gasteiger partial charge in [-0.1, -0.05) is 65.7 Å². The van der Waals surface area contributed by atoms with Crippen molar-refractivity contribution in [1.82, 2.24) is 0 Å². The fourth-order valence-corrected chi connectivity index (χ4v) is 9.71. The molecule has 0 bridgehead atoms. The van der Waals surface area contributed by atoms with Crippen LogP contribution < -0.4 is 0 Å². The number of rotatable bonds is 3. The topological polar surface area (TPSA) is 0 Å². The van der Waals surface area contributed by atoms with E-state index in [1.807, 2.05) is 0 Å². The Morgan fingerprint density at radius 3 is 0.952 bits per heavy atom. The van der Waals surface area contributed by atoms with Gasteiger partial charge in [-0.25, -0.2) is 0 Å². The normalized spacial score (nSPS) is 26.5. The van der Waals surface area contributed by atoms with Crippen LogP contribution in [0.2, 0.25) is 5.89 Å². The molecule has 21 heavy (non-hydrogen) atoms. The second kappa shape index (κ2) is 10.7. The van der Waals surface area contributed by atoms with Gasteiger partial charge >= 0.3 is 21.4 Å². The van der Waals surface area contributed by atoms with Crippen LogP contribution >= 0.6 is 7.92 Å². The third-order valence-electron chi connectivity index (χ3n) is 5.99. The summed E-state index contributed by atoms with van der Waals surface area (Å²) in [6.07, 6.45) is 23.6. The van der Waals surface area contributed by atoms with E-state index in [1.54, 1.807) is 82.9 Å². The van der Waals surface area contributed by atoms with Gasteiger partial charge in [-0.05, 0) is 55.5 Å². The maximum absolute atomic E-state index is 3.88. The molecule has 0 amide bonds. The van der Waals surface area contributed by atoms with Crippen molar-refractivity contribution in [2.75, 3.05) is 0 Å². The summed E-state index contributed by atoms with van der Waals surface area (Å²) >= 11 is 3.88. The van der Waals surface area contributed by atoms with Gasteiger partial charge in [0.25, 0.3) is 0 Å². The van der Waals surface area contributed by atoms with E-state index in [4.69, 9.17) is 0 Å². The third kappa shape index (κ3) is 5.50. The van der Waals surface area contributed by atoms with Gasteiger partial charge in [0.05, 0.1) is 0 Å². The summed E-state index contributed by atoms with van der Waals surface area (Å²) in [5.74, 6) is 1.62. The summed E-state index contributed by atoms with van der Waals surface area (Å²) in [4.78, 5) is 0. The standard InChI is InChI=1S/C18H33P.CH3.Ni/c1-4-10-16(11-5-1)19(17-12-6-2-7-13-17)18-14-8-3-9-15-18;;/h16-18H,1-15H2;1H3;. The van der Waals surface area contributed by atoms with Crippen LogP contribution in [0.5, 0.6) is 0 Å². The first-order chi connectivity index (χ1) is 10.4. The second-order valence-corrected chi connectivity index (χ2v) is 10.4. The Morgan fingerprint density at radius 2 is 0.714 bits per heavy atom. The van der Waals surface area contributed by atoms with Crippen molar-refractivity contribution in [3.05, 3.63) is 0 Å². The molecule has 0 nitrogen and oxygen atoms in total. The molecule has 0 spiro atoms. The van der Waals surface area contributed by atoms with E-state index in [0.717, 1.165) is 0 Å². The van der Waals surface area contributed by atoms with Crippen LogP contribution in [0.25, 0.3) is 0 Å². The molecule has 127 valence electrons. The SMILES string of the molecule is C1CCC(P(C2CCCCC2)C2CCCCC2)CC1.[CH3][Ni]. The molecular weight excluding hydrogens is 318 g/mol. The average Bonchev–Trinajstić information content (AvgIpc) is 2.60. The van der Waals surface area contributed by atoms with Crippen LogP contribution in [0.15, 0.2) is 0 Å². The zero-order valence-electron chi connectivity index (χ0n) is 14.1. The Labute approximate surface area is 142 Å². The van der Waals surface area contributed by atoms with E-state index in [2.05, 4.69) is 15.5 Å². The third-order valence-corrected chi connectivity index (χ3v) is 10.1. The summed E-state index contributed by atoms with van der Waals surface area (Å²) in [6, 6.07) is 0. The van der Waals surface area contributed by atoms with Crippen LogP contribution in [-0.2, 0) is 15.5 Å². The molecule has 0 aromatic carbocycles. The Hall–Kier alpha value is 0.924. The first-order valence-corrected chi connectivity index (χ1v) is 12.1. The zero-order chi connectivity index (χ0) is 14.9. The fourth-order valence-electron chi connectivity index (χ4n) is 5.03. The van der Waals surface area contributed by atoms with Gasteiger partial charge in [0.15, 0.2) is 0 Å². The summed E-state index contributed by atoms with van der Waals surface area (Å²) in [5, 5.41) is 0. The van der Waals surface area contributed by atoms with Crippen LogP contribution in [-0.4, -0.2) is 17.0 Å². The maximum atomic E-state index is 3.88. The molecule has 3 aliphatic rings. The molecule has 0 heterocycles. The molecular formula is C19H36NiP. The summed E-state index contributed by atoms with van der Waals surface area (Å²) in [5.41, 5.74) is 3.57. The van der Waals surface area contributed by atoms with Crippen LogP contribution in [0, 0.1) is 0 Å². The molecule has 0 aromatic heterocycles. The molecule has 0 radical (unpaired) electrons. The Bertz CT molecular complexity index is 207. The fraction of sp³-hybridized carbons (Fsp3) is 1.00. The minimum atomic E-state index is 0.385. The van der Waals surface area contributed by atoms with E-state index in [0.29, 0.717) is 7.92 Å². The molecule has 0 aliphatic heterocycles. The predicted octanol–water partition coefficient (Wildman–Crippen LogP) is 7.05. The Balaban J connectivity index is 0.000000774. The van der Waals surface area contributed by atoms with Crippen molar-refractivity contribution in [2.45, 2.75) is 119 Å². The molecule has 2 heteroatoms. The van der Waals surface area contributed by atoms with Gasteiger partial charge in [-0.3, -0.25) is 0 Å². The first-order valence-electron chi connectivity index (χ1n) is 9.54. The summed E-state index contributed by atoms with van der Waals surface area (Å²) in [7, 11) is 0.385. The van der Waals surface area contributed by atoms with Gasteiger partial charge in [0.1, 0.15) is 0 Å². The van der Waals surface area contributed by atoms with Gasteiger partial charge in [-0.2, -0.15) is 0 Å². The van der Waals surface area contributed by atoms with E-state index in [9.17, 15) is 0 Å². The quantitative estimate of drug-likeness (QED) is 0.376. The predicted molar refractivity (Wildman–Crippen MR) is 93.4 cm³/mol. The number of hydrogen-bond donors (Lipinski definition) is 0. The second-order valence-electron chi connectivity index (χ2n) is 7.32. The van der Waals surface area contributed by atoms with Gasteiger partial charge in [-0.15, -0.1) is 0 Å². The van der Waals surface area contributed by atoms with Crippen molar-refractivity contribution in [3.8, 4) is 0 Å². The molecule has 0 atom stereocenters. The monoisotopic (exact) mass is 353 g/mol. The van der Waals surface area contributed by atoms with Crippen molar-refractivity contribution in [3.63, 3.8) is 0 Å². The van der Waals surface area contributed by atoms with E-state index in [1.165, 1.54) is 36.2 Å². The average molecular weight is 354 g/mol. The Morgan fingerprint density at radius 1 is 0.476 bits per heavy atom. The molecule has 3 fully saturated rings. The van der Waals surface area contributed by atoms with Crippen molar-refractivity contribution in [2.24, 2.45) is 0 Å². The van der Waals surface area contributed by atoms with Crippen LogP contribution in [0.1, 0.15) is 96.3 Å². The molecule has 0 unspecified atom stereocenters. The Kier molecular flexibility index (Phi) is 9.26. The van der Waals surface area contributed by atoms with Gasteiger partial charge in [0.2, 0.25) is 0 Å². The van der Waals surface area contributed by atoms with Gasteiger partial charge in [0, 0.05) is 0 Å². The van der Waals surface area contributed by atoms with Crippen molar-refractivity contribution >= 4 is 7.92 Å². The van der Waals surface area contributed by atoms with Crippen molar-refractivity contribution < 1.29 is 15.5 Å². The molecule has 3 rings (SSSR count). The first kappa shape index (κ1) is 18.3. The summed E-state index contributed by atoms with van der Waals surface area (Å²) in [6.45, 7) is 0. The van der Waals surface area contributed by atoms with Crippen LogP contribution in [0.3, 0.4) is 0 Å². The molecule has 3 saturated carbocycles. The summed E-state index contributed by atoms with van der Waals surface area (Å²) < 4.78 is 0. The number of hydrogen-bond acceptors (Lipinski definition) is 0. The molecule has 3 aliphatic carbocycles. The molecule has 0 N–H and O–H groups in total. The zero-order valence-corrected chi connectivity index (χ0v) is 16.0. The molecule has 0 saturated heterocycles.